The van der Waals surface area contributed by atoms with Crippen LogP contribution < -0.4 is 10.1 Å². The van der Waals surface area contributed by atoms with Gasteiger partial charge in [-0.3, -0.25) is 9.69 Å². The minimum Gasteiger partial charge on any atom is -0.491 e. The number of carbonyl (C=O) groups excluding carboxylic acids is 1. The molecule has 6 heteroatoms. The second-order valence-electron chi connectivity index (χ2n) is 7.10. The van der Waals surface area contributed by atoms with Crippen LogP contribution in [-0.2, 0) is 14.3 Å². The highest BCUT2D eigenvalue weighted by Crippen LogP contribution is 2.22. The van der Waals surface area contributed by atoms with E-state index in [0.717, 1.165) is 32.1 Å². The first kappa shape index (κ1) is 21.3. The van der Waals surface area contributed by atoms with Crippen molar-refractivity contribution in [2.24, 2.45) is 0 Å². The maximum Gasteiger partial charge on any atom is 0.246 e. The van der Waals surface area contributed by atoms with Gasteiger partial charge in [0.25, 0.3) is 0 Å². The van der Waals surface area contributed by atoms with Crippen LogP contribution >= 0.6 is 0 Å². The molecule has 1 aliphatic heterocycles. The van der Waals surface area contributed by atoms with E-state index in [-0.39, 0.29) is 18.6 Å². The van der Waals surface area contributed by atoms with Crippen molar-refractivity contribution in [3.05, 3.63) is 65.7 Å². The molecule has 1 amide bonds. The van der Waals surface area contributed by atoms with Crippen LogP contribution in [0.4, 0.5) is 0 Å². The number of morpholine rings is 1. The lowest BCUT2D eigenvalue weighted by Gasteiger charge is -2.35. The molecule has 1 heterocycles. The Labute approximate surface area is 172 Å². The summed E-state index contributed by atoms with van der Waals surface area (Å²) in [6, 6.07) is 18.2. The Morgan fingerprint density at radius 3 is 2.66 bits per heavy atom. The molecule has 1 unspecified atom stereocenters. The van der Waals surface area contributed by atoms with Crippen molar-refractivity contribution in [2.75, 3.05) is 52.7 Å². The molecule has 0 bridgehead atoms. The van der Waals surface area contributed by atoms with Crippen molar-refractivity contribution >= 4 is 5.91 Å². The lowest BCUT2D eigenvalue weighted by Crippen LogP contribution is -2.44. The smallest absolute Gasteiger partial charge is 0.246 e. The second kappa shape index (κ2) is 11.6. The Balaban J connectivity index is 1.42. The van der Waals surface area contributed by atoms with Crippen LogP contribution in [0.1, 0.15) is 17.2 Å². The molecule has 2 aromatic rings. The predicted molar refractivity (Wildman–Crippen MR) is 112 cm³/mol. The Hall–Kier alpha value is -2.41. The number of hydrogen-bond donors (Lipinski definition) is 1. The summed E-state index contributed by atoms with van der Waals surface area (Å²) < 4.78 is 16.5. The topological polar surface area (TPSA) is 60.0 Å². The lowest BCUT2D eigenvalue weighted by atomic mass is 10.0. The zero-order valence-electron chi connectivity index (χ0n) is 17.0. The van der Waals surface area contributed by atoms with Crippen LogP contribution in [0.5, 0.6) is 5.75 Å². The van der Waals surface area contributed by atoms with E-state index in [0.29, 0.717) is 19.8 Å². The summed E-state index contributed by atoms with van der Waals surface area (Å²) in [7, 11) is 0. The molecule has 3 rings (SSSR count). The molecule has 2 aromatic carbocycles. The molecule has 0 saturated carbocycles. The van der Waals surface area contributed by atoms with Gasteiger partial charge in [-0.2, -0.15) is 0 Å². The standard InChI is InChI=1S/C23H30N2O4/c1-19-6-5-7-20(16-19)22(25-10-12-27-13-11-25)17-24-23(26)18-28-14-15-29-21-8-3-2-4-9-21/h2-9,16,22H,10-15,17-18H2,1H3,(H,24,26). The van der Waals surface area contributed by atoms with Crippen LogP contribution in [0.25, 0.3) is 0 Å². The SMILES string of the molecule is Cc1cccc(C(CNC(=O)COCCOc2ccccc2)N2CCOCC2)c1. The summed E-state index contributed by atoms with van der Waals surface area (Å²) in [4.78, 5) is 14.6. The molecule has 1 saturated heterocycles. The Bertz CT molecular complexity index is 748. The van der Waals surface area contributed by atoms with E-state index in [1.54, 1.807) is 0 Å². The van der Waals surface area contributed by atoms with Gasteiger partial charge in [-0.05, 0) is 24.6 Å². The first-order valence-corrected chi connectivity index (χ1v) is 10.1. The zero-order chi connectivity index (χ0) is 20.3. The molecule has 0 radical (unpaired) electrons. The van der Waals surface area contributed by atoms with Gasteiger partial charge in [-0.25, -0.2) is 0 Å². The Morgan fingerprint density at radius 2 is 1.90 bits per heavy atom. The van der Waals surface area contributed by atoms with Gasteiger partial charge < -0.3 is 19.5 Å². The lowest BCUT2D eigenvalue weighted by molar-refractivity contribution is -0.126. The molecule has 0 aromatic heterocycles. The first-order valence-electron chi connectivity index (χ1n) is 10.1. The van der Waals surface area contributed by atoms with E-state index < -0.39 is 0 Å². The van der Waals surface area contributed by atoms with Crippen molar-refractivity contribution in [3.63, 3.8) is 0 Å². The fraction of sp³-hybridized carbons (Fsp3) is 0.435. The van der Waals surface area contributed by atoms with Gasteiger partial charge in [0.1, 0.15) is 19.0 Å². The maximum atomic E-state index is 12.2. The molecule has 6 nitrogen and oxygen atoms in total. The molecular weight excluding hydrogens is 368 g/mol. The average Bonchev–Trinajstić information content (AvgIpc) is 2.75. The van der Waals surface area contributed by atoms with Crippen molar-refractivity contribution < 1.29 is 19.0 Å². The normalized spacial score (nSPS) is 15.6. The van der Waals surface area contributed by atoms with Crippen LogP contribution in [-0.4, -0.2) is 63.5 Å². The molecule has 1 fully saturated rings. The van der Waals surface area contributed by atoms with Crippen LogP contribution in [0.2, 0.25) is 0 Å². The molecule has 29 heavy (non-hydrogen) atoms. The Morgan fingerprint density at radius 1 is 1.10 bits per heavy atom. The maximum absolute atomic E-state index is 12.2. The van der Waals surface area contributed by atoms with Gasteiger partial charge in [0.15, 0.2) is 0 Å². The van der Waals surface area contributed by atoms with Gasteiger partial charge in [-0.1, -0.05) is 48.0 Å². The highest BCUT2D eigenvalue weighted by molar-refractivity contribution is 5.77. The monoisotopic (exact) mass is 398 g/mol. The number of rotatable bonds is 10. The van der Waals surface area contributed by atoms with Crippen molar-refractivity contribution in [3.8, 4) is 5.75 Å². The number of nitrogens with one attached hydrogen (secondary N) is 1. The number of para-hydroxylation sites is 1. The average molecular weight is 399 g/mol. The van der Waals surface area contributed by atoms with E-state index in [4.69, 9.17) is 14.2 Å². The second-order valence-corrected chi connectivity index (χ2v) is 7.10. The fourth-order valence-electron chi connectivity index (χ4n) is 3.39. The van der Waals surface area contributed by atoms with Crippen molar-refractivity contribution in [1.29, 1.82) is 0 Å². The van der Waals surface area contributed by atoms with E-state index in [1.165, 1.54) is 11.1 Å². The van der Waals surface area contributed by atoms with Crippen molar-refractivity contribution in [2.45, 2.75) is 13.0 Å². The van der Waals surface area contributed by atoms with Crippen LogP contribution in [0.3, 0.4) is 0 Å². The molecule has 156 valence electrons. The van der Waals surface area contributed by atoms with Gasteiger partial charge in [-0.15, -0.1) is 0 Å². The largest absolute Gasteiger partial charge is 0.491 e. The van der Waals surface area contributed by atoms with Crippen molar-refractivity contribution in [1.82, 2.24) is 10.2 Å². The quantitative estimate of drug-likeness (QED) is 0.624. The summed E-state index contributed by atoms with van der Waals surface area (Å²) in [6.07, 6.45) is 0. The van der Waals surface area contributed by atoms with E-state index >= 15 is 0 Å². The van der Waals surface area contributed by atoms with Gasteiger partial charge in [0, 0.05) is 19.6 Å². The number of benzene rings is 2. The minimum absolute atomic E-state index is 0.0296. The number of amides is 1. The number of aryl methyl sites for hydroxylation is 1. The molecule has 0 spiro atoms. The van der Waals surface area contributed by atoms with Gasteiger partial charge >= 0.3 is 0 Å². The zero-order valence-corrected chi connectivity index (χ0v) is 17.0. The number of ether oxygens (including phenoxy) is 3. The molecule has 1 aliphatic rings. The van der Waals surface area contributed by atoms with E-state index in [9.17, 15) is 4.79 Å². The first-order chi connectivity index (χ1) is 14.2. The Kier molecular flexibility index (Phi) is 8.49. The summed E-state index contributed by atoms with van der Waals surface area (Å²) in [6.45, 7) is 6.62. The van der Waals surface area contributed by atoms with Crippen LogP contribution in [0, 0.1) is 6.92 Å². The molecule has 0 aliphatic carbocycles. The summed E-state index contributed by atoms with van der Waals surface area (Å²) >= 11 is 0. The van der Waals surface area contributed by atoms with E-state index in [1.807, 2.05) is 30.3 Å². The summed E-state index contributed by atoms with van der Waals surface area (Å²) in [5, 5.41) is 3.02. The number of nitrogens with zero attached hydrogens (tertiary/aromatic N) is 1. The fourth-order valence-corrected chi connectivity index (χ4v) is 3.39. The number of carbonyl (C=O) groups is 1. The van der Waals surface area contributed by atoms with Gasteiger partial charge in [0.05, 0.1) is 25.9 Å². The number of hydrogen-bond acceptors (Lipinski definition) is 5. The van der Waals surface area contributed by atoms with E-state index in [2.05, 4.69) is 41.4 Å². The third-order valence-corrected chi connectivity index (χ3v) is 4.88. The third kappa shape index (κ3) is 7.16. The molecule has 1 N–H and O–H groups in total. The summed E-state index contributed by atoms with van der Waals surface area (Å²) in [5.74, 6) is 0.683. The minimum atomic E-state index is -0.115. The van der Waals surface area contributed by atoms with Crippen LogP contribution in [0.15, 0.2) is 54.6 Å². The third-order valence-electron chi connectivity index (χ3n) is 4.88. The summed E-state index contributed by atoms with van der Waals surface area (Å²) in [5.41, 5.74) is 2.43. The highest BCUT2D eigenvalue weighted by Gasteiger charge is 2.23. The molecule has 1 atom stereocenters. The predicted octanol–water partition coefficient (Wildman–Crippen LogP) is 2.58. The highest BCUT2D eigenvalue weighted by atomic mass is 16.5. The molecular formula is C23H30N2O4. The van der Waals surface area contributed by atoms with Gasteiger partial charge in [0.2, 0.25) is 5.91 Å².